The summed E-state index contributed by atoms with van der Waals surface area (Å²) in [4.78, 5) is 3.90. The van der Waals surface area contributed by atoms with Crippen LogP contribution in [0.4, 0.5) is 5.13 Å². The molecule has 7 heteroatoms. The lowest BCUT2D eigenvalue weighted by atomic mass is 10.2. The first-order chi connectivity index (χ1) is 7.78. The Morgan fingerprint density at radius 3 is 3.06 bits per heavy atom. The number of pyridine rings is 1. The van der Waals surface area contributed by atoms with Gasteiger partial charge in [-0.25, -0.2) is 4.98 Å². The van der Waals surface area contributed by atoms with Crippen molar-refractivity contribution in [1.29, 1.82) is 5.26 Å². The normalized spacial score (nSPS) is 9.94. The zero-order valence-electron chi connectivity index (χ0n) is 8.12. The van der Waals surface area contributed by atoms with Crippen molar-refractivity contribution in [1.82, 2.24) is 15.2 Å². The van der Waals surface area contributed by atoms with Gasteiger partial charge in [0.15, 0.2) is 4.34 Å². The molecule has 0 spiro atoms. The quantitative estimate of drug-likeness (QED) is 0.832. The fourth-order valence-electron chi connectivity index (χ4n) is 1.05. The largest absolute Gasteiger partial charge is 0.374 e. The van der Waals surface area contributed by atoms with E-state index in [1.165, 1.54) is 11.3 Å². The number of hydrogen-bond donors (Lipinski definition) is 1. The molecular weight excluding hydrogens is 242 g/mol. The second kappa shape index (κ2) is 4.92. The molecule has 2 rings (SSSR count). The SMILES string of the molecule is N#Cc1cc(CSc2nnc(N)s2)ccn1. The van der Waals surface area contributed by atoms with Crippen LogP contribution in [0.3, 0.4) is 0 Å². The standard InChI is InChI=1S/C9H7N5S2/c10-4-7-3-6(1-2-12-7)5-15-9-14-13-8(11)16-9/h1-3H,5H2,(H2,11,13). The maximum Gasteiger partial charge on any atom is 0.203 e. The van der Waals surface area contributed by atoms with E-state index in [1.807, 2.05) is 12.1 Å². The Labute approximate surface area is 100 Å². The number of nitrogens with two attached hydrogens (primary N) is 1. The van der Waals surface area contributed by atoms with Crippen LogP contribution < -0.4 is 5.73 Å². The fraction of sp³-hybridized carbons (Fsp3) is 0.111. The number of hydrogen-bond acceptors (Lipinski definition) is 7. The molecule has 0 aliphatic carbocycles. The summed E-state index contributed by atoms with van der Waals surface area (Å²) in [7, 11) is 0. The Hall–Kier alpha value is -1.65. The van der Waals surface area contributed by atoms with Gasteiger partial charge in [0.1, 0.15) is 11.8 Å². The lowest BCUT2D eigenvalue weighted by Crippen LogP contribution is -1.86. The molecule has 2 heterocycles. The lowest BCUT2D eigenvalue weighted by Gasteiger charge is -1.97. The van der Waals surface area contributed by atoms with E-state index in [0.29, 0.717) is 10.8 Å². The average molecular weight is 249 g/mol. The molecule has 16 heavy (non-hydrogen) atoms. The van der Waals surface area contributed by atoms with E-state index >= 15 is 0 Å². The summed E-state index contributed by atoms with van der Waals surface area (Å²) >= 11 is 2.90. The predicted molar refractivity (Wildman–Crippen MR) is 62.8 cm³/mol. The molecule has 2 aromatic rings. The Morgan fingerprint density at radius 2 is 2.38 bits per heavy atom. The molecule has 2 aromatic heterocycles. The van der Waals surface area contributed by atoms with E-state index < -0.39 is 0 Å². The zero-order chi connectivity index (χ0) is 11.4. The molecule has 0 bridgehead atoms. The summed E-state index contributed by atoms with van der Waals surface area (Å²) < 4.78 is 0.827. The van der Waals surface area contributed by atoms with Crippen molar-refractivity contribution in [2.75, 3.05) is 5.73 Å². The monoisotopic (exact) mass is 249 g/mol. The zero-order valence-corrected chi connectivity index (χ0v) is 9.75. The van der Waals surface area contributed by atoms with Crippen LogP contribution in [0.5, 0.6) is 0 Å². The number of thioether (sulfide) groups is 1. The van der Waals surface area contributed by atoms with Crippen LogP contribution in [0.1, 0.15) is 11.3 Å². The minimum Gasteiger partial charge on any atom is -0.374 e. The van der Waals surface area contributed by atoms with Crippen molar-refractivity contribution in [2.45, 2.75) is 10.1 Å². The van der Waals surface area contributed by atoms with Gasteiger partial charge >= 0.3 is 0 Å². The Kier molecular flexibility index (Phi) is 3.34. The maximum atomic E-state index is 8.69. The average Bonchev–Trinajstić information content (AvgIpc) is 2.73. The summed E-state index contributed by atoms with van der Waals surface area (Å²) in [5, 5.41) is 16.8. The number of nitrogen functional groups attached to an aromatic ring is 1. The number of nitrogens with zero attached hydrogens (tertiary/aromatic N) is 4. The predicted octanol–water partition coefficient (Wildman–Crippen LogP) is 1.68. The summed E-state index contributed by atoms with van der Waals surface area (Å²) in [6.07, 6.45) is 1.63. The highest BCUT2D eigenvalue weighted by molar-refractivity contribution is 8.00. The van der Waals surface area contributed by atoms with Crippen LogP contribution in [0.25, 0.3) is 0 Å². The first-order valence-electron chi connectivity index (χ1n) is 4.35. The van der Waals surface area contributed by atoms with Gasteiger partial charge in [0.05, 0.1) is 0 Å². The van der Waals surface area contributed by atoms with Gasteiger partial charge < -0.3 is 5.73 Å². The number of anilines is 1. The maximum absolute atomic E-state index is 8.69. The molecule has 0 aliphatic heterocycles. The van der Waals surface area contributed by atoms with E-state index in [-0.39, 0.29) is 0 Å². The third-order valence-electron chi connectivity index (χ3n) is 1.72. The first kappa shape index (κ1) is 10.9. The van der Waals surface area contributed by atoms with Crippen molar-refractivity contribution in [3.05, 3.63) is 29.6 Å². The molecule has 0 atom stereocenters. The third kappa shape index (κ3) is 2.68. The molecule has 0 amide bonds. The molecule has 80 valence electrons. The van der Waals surface area contributed by atoms with Crippen molar-refractivity contribution < 1.29 is 0 Å². The highest BCUT2D eigenvalue weighted by Gasteiger charge is 2.03. The van der Waals surface area contributed by atoms with E-state index in [4.69, 9.17) is 11.0 Å². The van der Waals surface area contributed by atoms with Gasteiger partial charge in [-0.05, 0) is 17.7 Å². The van der Waals surface area contributed by atoms with Gasteiger partial charge in [-0.1, -0.05) is 23.1 Å². The summed E-state index contributed by atoms with van der Waals surface area (Å²) in [5.74, 6) is 0.728. The van der Waals surface area contributed by atoms with Gasteiger partial charge in [-0.15, -0.1) is 10.2 Å². The van der Waals surface area contributed by atoms with Crippen LogP contribution in [-0.2, 0) is 5.75 Å². The second-order valence-corrected chi connectivity index (χ2v) is 5.09. The van der Waals surface area contributed by atoms with Crippen LogP contribution in [-0.4, -0.2) is 15.2 Å². The second-order valence-electron chi connectivity index (χ2n) is 2.86. The molecule has 2 N–H and O–H groups in total. The lowest BCUT2D eigenvalue weighted by molar-refractivity contribution is 1.02. The summed E-state index contributed by atoms with van der Waals surface area (Å²) in [6.45, 7) is 0. The highest BCUT2D eigenvalue weighted by atomic mass is 32.2. The number of nitriles is 1. The van der Waals surface area contributed by atoms with Crippen molar-refractivity contribution >= 4 is 28.2 Å². The van der Waals surface area contributed by atoms with Crippen LogP contribution in [0.2, 0.25) is 0 Å². The van der Waals surface area contributed by atoms with E-state index in [2.05, 4.69) is 15.2 Å². The molecule has 5 nitrogen and oxygen atoms in total. The van der Waals surface area contributed by atoms with Gasteiger partial charge in [0, 0.05) is 11.9 Å². The molecule has 0 aromatic carbocycles. The van der Waals surface area contributed by atoms with Gasteiger partial charge in [-0.3, -0.25) is 0 Å². The first-order valence-corrected chi connectivity index (χ1v) is 6.15. The Balaban J connectivity index is 2.02. The van der Waals surface area contributed by atoms with Gasteiger partial charge in [0.2, 0.25) is 5.13 Å². The van der Waals surface area contributed by atoms with E-state index in [1.54, 1.807) is 24.0 Å². The Morgan fingerprint density at radius 1 is 1.50 bits per heavy atom. The molecule has 0 saturated heterocycles. The van der Waals surface area contributed by atoms with Crippen molar-refractivity contribution in [3.63, 3.8) is 0 Å². The summed E-state index contributed by atoms with van der Waals surface area (Å²) in [6, 6.07) is 5.64. The summed E-state index contributed by atoms with van der Waals surface area (Å²) in [5.41, 5.74) is 6.93. The van der Waals surface area contributed by atoms with E-state index in [9.17, 15) is 0 Å². The number of rotatable bonds is 3. The molecule has 0 aliphatic rings. The molecule has 0 unspecified atom stereocenters. The molecule has 0 fully saturated rings. The molecular formula is C9H7N5S2. The minimum atomic E-state index is 0.426. The van der Waals surface area contributed by atoms with Crippen LogP contribution in [0.15, 0.2) is 22.7 Å². The van der Waals surface area contributed by atoms with Crippen LogP contribution in [0, 0.1) is 11.3 Å². The third-order valence-corrected chi connectivity index (χ3v) is 3.68. The topological polar surface area (TPSA) is 88.5 Å². The van der Waals surface area contributed by atoms with Crippen molar-refractivity contribution in [3.8, 4) is 6.07 Å². The number of aromatic nitrogens is 3. The Bertz CT molecular complexity index is 531. The minimum absolute atomic E-state index is 0.426. The van der Waals surface area contributed by atoms with Gasteiger partial charge in [0.25, 0.3) is 0 Å². The van der Waals surface area contributed by atoms with Gasteiger partial charge in [-0.2, -0.15) is 5.26 Å². The molecule has 0 saturated carbocycles. The van der Waals surface area contributed by atoms with E-state index in [0.717, 1.165) is 15.7 Å². The smallest absolute Gasteiger partial charge is 0.203 e. The van der Waals surface area contributed by atoms with Crippen molar-refractivity contribution in [2.24, 2.45) is 0 Å². The van der Waals surface area contributed by atoms with Crippen LogP contribution >= 0.6 is 23.1 Å². The fourth-order valence-corrected chi connectivity index (χ4v) is 2.63. The molecule has 0 radical (unpaired) electrons. The highest BCUT2D eigenvalue weighted by Crippen LogP contribution is 2.26.